The third kappa shape index (κ3) is 4.02. The Morgan fingerprint density at radius 2 is 2.10 bits per heavy atom. The van der Waals surface area contributed by atoms with Crippen LogP contribution in [0.1, 0.15) is 18.1 Å². The summed E-state index contributed by atoms with van der Waals surface area (Å²) in [6.45, 7) is 1.98. The van der Waals surface area contributed by atoms with Gasteiger partial charge < -0.3 is 20.4 Å². The average molecular weight is 292 g/mol. The second-order valence-electron chi connectivity index (χ2n) is 4.07. The zero-order valence-corrected chi connectivity index (χ0v) is 10.9. The topological polar surface area (TPSA) is 77.1 Å². The molecule has 3 N–H and O–H groups in total. The zero-order valence-electron chi connectivity index (χ0n) is 10.9. The van der Waals surface area contributed by atoms with Crippen LogP contribution in [0, 0.1) is 0 Å². The molecular weight excluding hydrogens is 277 g/mol. The number of methoxy groups -OCH3 is 1. The number of hydrogen-bond acceptors (Lipinski definition) is 4. The standard InChI is InChI=1S/C12H15F3N2O3/c1-7(6-19-2)20-8-3-4-10(12(13,14)15)9(5-8)11(16)17-18/h3-5,7,18H,6H2,1-2H3,(H2,16,17). The molecule has 0 radical (unpaired) electrons. The first-order valence-electron chi connectivity index (χ1n) is 5.64. The molecule has 5 nitrogen and oxygen atoms in total. The Labute approximate surface area is 113 Å². The van der Waals surface area contributed by atoms with Crippen molar-refractivity contribution in [3.8, 4) is 5.75 Å². The fourth-order valence-corrected chi connectivity index (χ4v) is 1.61. The summed E-state index contributed by atoms with van der Waals surface area (Å²) in [5, 5.41) is 11.2. The van der Waals surface area contributed by atoms with Gasteiger partial charge in [0.05, 0.1) is 12.2 Å². The number of benzene rings is 1. The largest absolute Gasteiger partial charge is 0.488 e. The third-order valence-corrected chi connectivity index (χ3v) is 2.42. The molecule has 112 valence electrons. The lowest BCUT2D eigenvalue weighted by atomic mass is 10.1. The van der Waals surface area contributed by atoms with Crippen molar-refractivity contribution in [1.29, 1.82) is 0 Å². The van der Waals surface area contributed by atoms with Crippen LogP contribution in [0.2, 0.25) is 0 Å². The molecule has 1 aromatic rings. The van der Waals surface area contributed by atoms with E-state index in [9.17, 15) is 13.2 Å². The van der Waals surface area contributed by atoms with Gasteiger partial charge in [-0.05, 0) is 25.1 Å². The van der Waals surface area contributed by atoms with Crippen LogP contribution in [0.25, 0.3) is 0 Å². The third-order valence-electron chi connectivity index (χ3n) is 2.42. The number of ether oxygens (including phenoxy) is 2. The average Bonchev–Trinajstić information content (AvgIpc) is 2.36. The van der Waals surface area contributed by atoms with Crippen molar-refractivity contribution in [3.05, 3.63) is 29.3 Å². The number of rotatable bonds is 5. The molecule has 0 aliphatic carbocycles. The van der Waals surface area contributed by atoms with Crippen LogP contribution < -0.4 is 10.5 Å². The van der Waals surface area contributed by atoms with Gasteiger partial charge in [0.25, 0.3) is 0 Å². The maximum absolute atomic E-state index is 12.8. The number of oxime groups is 1. The summed E-state index contributed by atoms with van der Waals surface area (Å²) < 4.78 is 48.7. The van der Waals surface area contributed by atoms with Crippen molar-refractivity contribution in [2.24, 2.45) is 10.9 Å². The van der Waals surface area contributed by atoms with E-state index in [0.29, 0.717) is 0 Å². The Morgan fingerprint density at radius 1 is 1.45 bits per heavy atom. The highest BCUT2D eigenvalue weighted by Gasteiger charge is 2.34. The van der Waals surface area contributed by atoms with Crippen LogP contribution in [0.5, 0.6) is 5.75 Å². The van der Waals surface area contributed by atoms with Gasteiger partial charge in [-0.1, -0.05) is 5.16 Å². The van der Waals surface area contributed by atoms with Gasteiger partial charge in [0, 0.05) is 12.7 Å². The maximum Gasteiger partial charge on any atom is 0.417 e. The van der Waals surface area contributed by atoms with Gasteiger partial charge in [-0.25, -0.2) is 0 Å². The fraction of sp³-hybridized carbons (Fsp3) is 0.417. The van der Waals surface area contributed by atoms with Crippen molar-refractivity contribution < 1.29 is 27.9 Å². The van der Waals surface area contributed by atoms with Crippen molar-refractivity contribution in [1.82, 2.24) is 0 Å². The van der Waals surface area contributed by atoms with Crippen LogP contribution in [-0.2, 0) is 10.9 Å². The lowest BCUT2D eigenvalue weighted by molar-refractivity contribution is -0.137. The van der Waals surface area contributed by atoms with E-state index < -0.39 is 23.1 Å². The normalized spacial score (nSPS) is 14.2. The molecule has 8 heteroatoms. The summed E-state index contributed by atoms with van der Waals surface area (Å²) in [6.07, 6.45) is -4.96. The van der Waals surface area contributed by atoms with Gasteiger partial charge in [-0.3, -0.25) is 0 Å². The Kier molecular flexibility index (Phi) is 5.20. The molecule has 1 atom stereocenters. The zero-order chi connectivity index (χ0) is 15.3. The summed E-state index contributed by atoms with van der Waals surface area (Å²) in [6, 6.07) is 3.06. The van der Waals surface area contributed by atoms with E-state index >= 15 is 0 Å². The Bertz CT molecular complexity index is 489. The van der Waals surface area contributed by atoms with Crippen molar-refractivity contribution in [2.45, 2.75) is 19.2 Å². The van der Waals surface area contributed by atoms with Crippen LogP contribution in [0.15, 0.2) is 23.4 Å². The number of nitrogens with two attached hydrogens (primary N) is 1. The highest BCUT2D eigenvalue weighted by molar-refractivity contribution is 5.99. The Hall–Kier alpha value is -1.96. The Morgan fingerprint density at radius 3 is 2.60 bits per heavy atom. The van der Waals surface area contributed by atoms with Gasteiger partial charge in [-0.2, -0.15) is 13.2 Å². The molecule has 20 heavy (non-hydrogen) atoms. The predicted octanol–water partition coefficient (Wildman–Crippen LogP) is 2.21. The van der Waals surface area contributed by atoms with E-state index in [0.717, 1.165) is 12.1 Å². The first-order valence-corrected chi connectivity index (χ1v) is 5.64. The van der Waals surface area contributed by atoms with E-state index in [1.54, 1.807) is 6.92 Å². The van der Waals surface area contributed by atoms with E-state index in [-0.39, 0.29) is 18.5 Å². The van der Waals surface area contributed by atoms with Crippen LogP contribution in [-0.4, -0.2) is 30.9 Å². The van der Waals surface area contributed by atoms with Gasteiger partial charge in [0.2, 0.25) is 0 Å². The van der Waals surface area contributed by atoms with Gasteiger partial charge in [0.1, 0.15) is 11.9 Å². The quantitative estimate of drug-likeness (QED) is 0.377. The molecule has 0 aromatic heterocycles. The minimum absolute atomic E-state index is 0.171. The second kappa shape index (κ2) is 6.47. The molecule has 0 heterocycles. The summed E-state index contributed by atoms with van der Waals surface area (Å²) in [7, 11) is 1.48. The molecule has 0 saturated carbocycles. The first-order chi connectivity index (χ1) is 9.29. The van der Waals surface area contributed by atoms with Gasteiger partial charge >= 0.3 is 6.18 Å². The first kappa shape index (κ1) is 16.1. The molecule has 1 rings (SSSR count). The lowest BCUT2D eigenvalue weighted by Gasteiger charge is -2.17. The van der Waals surface area contributed by atoms with Crippen molar-refractivity contribution in [2.75, 3.05) is 13.7 Å². The number of hydrogen-bond donors (Lipinski definition) is 2. The minimum atomic E-state index is -4.61. The molecule has 0 spiro atoms. The molecule has 1 aromatic carbocycles. The minimum Gasteiger partial charge on any atom is -0.488 e. The maximum atomic E-state index is 12.8. The Balaban J connectivity index is 3.15. The fourth-order valence-electron chi connectivity index (χ4n) is 1.61. The van der Waals surface area contributed by atoms with E-state index in [1.165, 1.54) is 13.2 Å². The van der Waals surface area contributed by atoms with E-state index in [4.69, 9.17) is 20.4 Å². The second-order valence-corrected chi connectivity index (χ2v) is 4.07. The number of nitrogens with zero attached hydrogens (tertiary/aromatic N) is 1. The number of halogens is 3. The molecule has 0 bridgehead atoms. The van der Waals surface area contributed by atoms with Gasteiger partial charge in [-0.15, -0.1) is 0 Å². The molecule has 0 amide bonds. The molecule has 0 saturated heterocycles. The van der Waals surface area contributed by atoms with Crippen LogP contribution >= 0.6 is 0 Å². The number of amidine groups is 1. The summed E-state index contributed by atoms with van der Waals surface area (Å²) >= 11 is 0. The highest BCUT2D eigenvalue weighted by Crippen LogP contribution is 2.34. The monoisotopic (exact) mass is 292 g/mol. The smallest absolute Gasteiger partial charge is 0.417 e. The molecular formula is C12H15F3N2O3. The predicted molar refractivity (Wildman–Crippen MR) is 65.9 cm³/mol. The molecule has 1 unspecified atom stereocenters. The summed E-state index contributed by atoms with van der Waals surface area (Å²) in [5.74, 6) is -0.466. The van der Waals surface area contributed by atoms with Crippen molar-refractivity contribution >= 4 is 5.84 Å². The lowest BCUT2D eigenvalue weighted by Crippen LogP contribution is -2.21. The van der Waals surface area contributed by atoms with Crippen LogP contribution in [0.4, 0.5) is 13.2 Å². The molecule has 0 fully saturated rings. The highest BCUT2D eigenvalue weighted by atomic mass is 19.4. The molecule has 0 aliphatic rings. The van der Waals surface area contributed by atoms with E-state index in [1.807, 2.05) is 0 Å². The van der Waals surface area contributed by atoms with E-state index in [2.05, 4.69) is 5.16 Å². The summed E-state index contributed by atoms with van der Waals surface area (Å²) in [4.78, 5) is 0. The summed E-state index contributed by atoms with van der Waals surface area (Å²) in [5.41, 5.74) is 3.83. The van der Waals surface area contributed by atoms with Gasteiger partial charge in [0.15, 0.2) is 5.84 Å². The molecule has 0 aliphatic heterocycles. The van der Waals surface area contributed by atoms with Crippen LogP contribution in [0.3, 0.4) is 0 Å². The van der Waals surface area contributed by atoms with Crippen molar-refractivity contribution in [3.63, 3.8) is 0 Å². The number of alkyl halides is 3. The SMILES string of the molecule is COCC(C)Oc1ccc(C(F)(F)F)c(/C(N)=N/O)c1.